The van der Waals surface area contributed by atoms with E-state index in [1.165, 1.54) is 0 Å². The number of carbonyl (C=O) groups is 1. The maximum Gasteiger partial charge on any atom is 0.224 e. The summed E-state index contributed by atoms with van der Waals surface area (Å²) in [5.41, 5.74) is 8.55. The zero-order chi connectivity index (χ0) is 18.7. The van der Waals surface area contributed by atoms with E-state index in [0.29, 0.717) is 23.6 Å². The molecule has 6 heteroatoms. The number of nitrogens with zero attached hydrogens (tertiary/aromatic N) is 1. The van der Waals surface area contributed by atoms with Crippen molar-refractivity contribution in [2.75, 3.05) is 20.8 Å². The van der Waals surface area contributed by atoms with Gasteiger partial charge in [0.1, 0.15) is 17.6 Å². The molecule has 0 radical (unpaired) electrons. The summed E-state index contributed by atoms with van der Waals surface area (Å²) in [7, 11) is 3.13. The molecule has 0 spiro atoms. The molecule has 6 nitrogen and oxygen atoms in total. The van der Waals surface area contributed by atoms with E-state index in [0.717, 1.165) is 11.1 Å². The van der Waals surface area contributed by atoms with Crippen LogP contribution in [0.1, 0.15) is 35.3 Å². The Labute approximate surface area is 153 Å². The van der Waals surface area contributed by atoms with Crippen LogP contribution in [-0.2, 0) is 11.3 Å². The predicted octanol–water partition coefficient (Wildman–Crippen LogP) is 2.17. The lowest BCUT2D eigenvalue weighted by atomic mass is 9.94. The van der Waals surface area contributed by atoms with E-state index in [-0.39, 0.29) is 24.9 Å². The molecule has 2 atom stereocenters. The minimum atomic E-state index is -0.833. The van der Waals surface area contributed by atoms with Crippen molar-refractivity contribution >= 4 is 5.91 Å². The second-order valence-electron chi connectivity index (χ2n) is 6.37. The second-order valence-corrected chi connectivity index (χ2v) is 6.37. The number of benzene rings is 2. The summed E-state index contributed by atoms with van der Waals surface area (Å²) in [6, 6.07) is 12.7. The lowest BCUT2D eigenvalue weighted by molar-refractivity contribution is -0.134. The average Bonchev–Trinajstić information content (AvgIpc) is 2.67. The van der Waals surface area contributed by atoms with E-state index < -0.39 is 6.10 Å². The molecule has 3 rings (SSSR count). The number of amides is 1. The van der Waals surface area contributed by atoms with Gasteiger partial charge in [0.15, 0.2) is 0 Å². The minimum absolute atomic E-state index is 0.101. The van der Waals surface area contributed by atoms with Crippen LogP contribution in [0.3, 0.4) is 0 Å². The number of ether oxygens (including phenoxy) is 2. The summed E-state index contributed by atoms with van der Waals surface area (Å²) in [5.74, 6) is 1.13. The molecule has 0 bridgehead atoms. The number of methoxy groups -OCH3 is 2. The quantitative estimate of drug-likeness (QED) is 0.858. The molecule has 0 fully saturated rings. The van der Waals surface area contributed by atoms with Crippen molar-refractivity contribution in [3.63, 3.8) is 0 Å². The van der Waals surface area contributed by atoms with E-state index >= 15 is 0 Å². The number of fused-ring (bicyclic) bond motifs is 1. The second kappa shape index (κ2) is 7.76. The van der Waals surface area contributed by atoms with Crippen molar-refractivity contribution in [3.05, 3.63) is 59.2 Å². The zero-order valence-electron chi connectivity index (χ0n) is 15.0. The molecule has 1 aliphatic heterocycles. The third-order valence-corrected chi connectivity index (χ3v) is 4.76. The molecular weight excluding hydrogens is 332 g/mol. The largest absolute Gasteiger partial charge is 0.496 e. The number of β-amino-alcohol motifs (C(OH)–C–C–N with tert-alkyl or cyclic N) is 1. The molecule has 2 unspecified atom stereocenters. The summed E-state index contributed by atoms with van der Waals surface area (Å²) >= 11 is 0. The van der Waals surface area contributed by atoms with E-state index in [1.54, 1.807) is 31.3 Å². The summed E-state index contributed by atoms with van der Waals surface area (Å²) in [6.07, 6.45) is -0.654. The Morgan fingerprint density at radius 3 is 2.50 bits per heavy atom. The molecule has 0 saturated carbocycles. The lowest BCUT2D eigenvalue weighted by Gasteiger charge is -2.34. The number of hydrogen-bond donors (Lipinski definition) is 2. The Balaban J connectivity index is 1.81. The summed E-state index contributed by atoms with van der Waals surface area (Å²) in [4.78, 5) is 14.4. The Hall–Kier alpha value is -2.57. The van der Waals surface area contributed by atoms with Crippen LogP contribution in [0.25, 0.3) is 0 Å². The molecule has 0 aromatic heterocycles. The van der Waals surface area contributed by atoms with Crippen LogP contribution in [0.2, 0.25) is 0 Å². The van der Waals surface area contributed by atoms with Crippen molar-refractivity contribution in [2.45, 2.75) is 25.1 Å². The van der Waals surface area contributed by atoms with E-state index in [1.807, 2.05) is 30.3 Å². The van der Waals surface area contributed by atoms with Gasteiger partial charge in [-0.1, -0.05) is 30.3 Å². The molecule has 0 aliphatic carbocycles. The average molecular weight is 356 g/mol. The summed E-state index contributed by atoms with van der Waals surface area (Å²) < 4.78 is 10.8. The zero-order valence-corrected chi connectivity index (χ0v) is 15.0. The third-order valence-electron chi connectivity index (χ3n) is 4.76. The van der Waals surface area contributed by atoms with E-state index in [4.69, 9.17) is 15.2 Å². The highest BCUT2D eigenvalue weighted by Gasteiger charge is 2.32. The fourth-order valence-corrected chi connectivity index (χ4v) is 3.40. The molecule has 26 heavy (non-hydrogen) atoms. The first-order valence-electron chi connectivity index (χ1n) is 8.55. The van der Waals surface area contributed by atoms with Crippen molar-refractivity contribution in [1.29, 1.82) is 0 Å². The minimum Gasteiger partial charge on any atom is -0.496 e. The molecule has 138 valence electrons. The lowest BCUT2D eigenvalue weighted by Crippen LogP contribution is -2.39. The Kier molecular flexibility index (Phi) is 5.44. The van der Waals surface area contributed by atoms with Gasteiger partial charge in [0.25, 0.3) is 0 Å². The first kappa shape index (κ1) is 18.2. The van der Waals surface area contributed by atoms with Gasteiger partial charge in [-0.05, 0) is 17.7 Å². The molecule has 1 amide bonds. The number of rotatable bonds is 5. The Morgan fingerprint density at radius 1 is 1.19 bits per heavy atom. The number of nitrogens with two attached hydrogens (primary N) is 1. The SMILES string of the molecule is COc1ccc(OC)c2c1CN(C(=O)CC(N)c1ccccc1)CC2O. The van der Waals surface area contributed by atoms with Crippen LogP contribution in [-0.4, -0.2) is 36.7 Å². The highest BCUT2D eigenvalue weighted by Crippen LogP contribution is 2.39. The molecule has 3 N–H and O–H groups in total. The maximum absolute atomic E-state index is 12.8. The highest BCUT2D eigenvalue weighted by atomic mass is 16.5. The van der Waals surface area contributed by atoms with Crippen LogP contribution in [0.15, 0.2) is 42.5 Å². The van der Waals surface area contributed by atoms with Gasteiger partial charge < -0.3 is 25.2 Å². The molecule has 1 aliphatic rings. The smallest absolute Gasteiger partial charge is 0.224 e. The van der Waals surface area contributed by atoms with Crippen LogP contribution >= 0.6 is 0 Å². The molecule has 1 heterocycles. The summed E-state index contributed by atoms with van der Waals surface area (Å²) in [6.45, 7) is 0.560. The first-order chi connectivity index (χ1) is 12.5. The van der Waals surface area contributed by atoms with Gasteiger partial charge in [0, 0.05) is 30.1 Å². The number of aliphatic hydroxyl groups is 1. The van der Waals surface area contributed by atoms with Gasteiger partial charge in [0.2, 0.25) is 5.91 Å². The molecule has 2 aromatic carbocycles. The van der Waals surface area contributed by atoms with Crippen LogP contribution < -0.4 is 15.2 Å². The van der Waals surface area contributed by atoms with Crippen molar-refractivity contribution in [2.24, 2.45) is 5.73 Å². The standard InChI is InChI=1S/C20H24N2O4/c1-25-17-8-9-18(26-2)20-14(17)11-22(12-16(20)23)19(24)10-15(21)13-6-4-3-5-7-13/h3-9,15-16,23H,10-12,21H2,1-2H3. The summed E-state index contributed by atoms with van der Waals surface area (Å²) in [5, 5.41) is 10.6. The van der Waals surface area contributed by atoms with Crippen LogP contribution in [0.5, 0.6) is 11.5 Å². The number of hydrogen-bond acceptors (Lipinski definition) is 5. The maximum atomic E-state index is 12.8. The van der Waals surface area contributed by atoms with Crippen molar-refractivity contribution < 1.29 is 19.4 Å². The van der Waals surface area contributed by atoms with Crippen LogP contribution in [0.4, 0.5) is 0 Å². The normalized spacial score (nSPS) is 17.4. The van der Waals surface area contributed by atoms with Crippen molar-refractivity contribution in [1.82, 2.24) is 4.90 Å². The molecular formula is C20H24N2O4. The van der Waals surface area contributed by atoms with Gasteiger partial charge in [0.05, 0.1) is 20.8 Å². The Bertz CT molecular complexity index is 779. The van der Waals surface area contributed by atoms with Crippen LogP contribution in [0, 0.1) is 0 Å². The van der Waals surface area contributed by atoms with Gasteiger partial charge >= 0.3 is 0 Å². The van der Waals surface area contributed by atoms with Gasteiger partial charge in [-0.25, -0.2) is 0 Å². The van der Waals surface area contributed by atoms with Gasteiger partial charge in [-0.3, -0.25) is 4.79 Å². The number of aliphatic hydroxyl groups excluding tert-OH is 1. The highest BCUT2D eigenvalue weighted by molar-refractivity contribution is 5.78. The fourth-order valence-electron chi connectivity index (χ4n) is 3.40. The monoisotopic (exact) mass is 356 g/mol. The third kappa shape index (κ3) is 3.52. The molecule has 0 saturated heterocycles. The van der Waals surface area contributed by atoms with Gasteiger partial charge in [-0.2, -0.15) is 0 Å². The number of carbonyl (C=O) groups excluding carboxylic acids is 1. The first-order valence-corrected chi connectivity index (χ1v) is 8.55. The molecule has 2 aromatic rings. The van der Waals surface area contributed by atoms with E-state index in [2.05, 4.69) is 0 Å². The Morgan fingerprint density at radius 2 is 1.85 bits per heavy atom. The topological polar surface area (TPSA) is 85.0 Å². The fraction of sp³-hybridized carbons (Fsp3) is 0.350. The van der Waals surface area contributed by atoms with Crippen molar-refractivity contribution in [3.8, 4) is 11.5 Å². The predicted molar refractivity (Wildman–Crippen MR) is 97.9 cm³/mol. The van der Waals surface area contributed by atoms with E-state index in [9.17, 15) is 9.90 Å². The van der Waals surface area contributed by atoms with Gasteiger partial charge in [-0.15, -0.1) is 0 Å².